The number of likely N-dealkylation sites (tertiary alicyclic amines) is 1. The Balaban J connectivity index is 1.58. The molecule has 0 spiro atoms. The van der Waals surface area contributed by atoms with Crippen LogP contribution in [0, 0.1) is 5.92 Å². The Labute approximate surface area is 128 Å². The van der Waals surface area contributed by atoms with Crippen LogP contribution in [0.2, 0.25) is 0 Å². The molecule has 0 saturated carbocycles. The van der Waals surface area contributed by atoms with Gasteiger partial charge in [-0.15, -0.1) is 0 Å². The van der Waals surface area contributed by atoms with E-state index in [0.29, 0.717) is 32.4 Å². The smallest absolute Gasteiger partial charge is 0.308 e. The first-order valence-corrected chi connectivity index (χ1v) is 7.61. The molecule has 2 aromatic rings. The SMILES string of the molecule is O=C(O)[C@@H]1CCCN(C(=O)CCc2cc3ccccc3o2)C1. The fraction of sp³-hybridized carbons (Fsp3) is 0.412. The lowest BCUT2D eigenvalue weighted by molar-refractivity contribution is -0.145. The Hall–Kier alpha value is -2.30. The molecule has 1 N–H and O–H groups in total. The number of furan rings is 1. The fourth-order valence-electron chi connectivity index (χ4n) is 2.95. The minimum Gasteiger partial charge on any atom is -0.481 e. The summed E-state index contributed by atoms with van der Waals surface area (Å²) in [5.41, 5.74) is 0.828. The summed E-state index contributed by atoms with van der Waals surface area (Å²) >= 11 is 0. The van der Waals surface area contributed by atoms with Crippen LogP contribution in [-0.4, -0.2) is 35.0 Å². The van der Waals surface area contributed by atoms with Gasteiger partial charge in [0.25, 0.3) is 0 Å². The number of benzene rings is 1. The molecule has 1 fully saturated rings. The van der Waals surface area contributed by atoms with Gasteiger partial charge >= 0.3 is 5.97 Å². The van der Waals surface area contributed by atoms with Gasteiger partial charge in [-0.3, -0.25) is 9.59 Å². The van der Waals surface area contributed by atoms with Crippen LogP contribution in [0.3, 0.4) is 0 Å². The number of hydrogen-bond acceptors (Lipinski definition) is 3. The number of amides is 1. The van der Waals surface area contributed by atoms with E-state index in [0.717, 1.165) is 23.2 Å². The first-order chi connectivity index (χ1) is 10.6. The molecule has 1 aliphatic rings. The van der Waals surface area contributed by atoms with E-state index in [9.17, 15) is 9.59 Å². The van der Waals surface area contributed by atoms with Gasteiger partial charge in [-0.2, -0.15) is 0 Å². The second-order valence-electron chi connectivity index (χ2n) is 5.77. The minimum absolute atomic E-state index is 0.00593. The van der Waals surface area contributed by atoms with E-state index in [1.54, 1.807) is 4.90 Å². The fourth-order valence-corrected chi connectivity index (χ4v) is 2.95. The summed E-state index contributed by atoms with van der Waals surface area (Å²) in [6.45, 7) is 0.983. The molecule has 5 heteroatoms. The monoisotopic (exact) mass is 301 g/mol. The van der Waals surface area contributed by atoms with Crippen molar-refractivity contribution in [3.05, 3.63) is 36.1 Å². The van der Waals surface area contributed by atoms with Gasteiger partial charge in [0.05, 0.1) is 5.92 Å². The van der Waals surface area contributed by atoms with Crippen molar-refractivity contribution < 1.29 is 19.1 Å². The maximum Gasteiger partial charge on any atom is 0.308 e. The maximum absolute atomic E-state index is 12.2. The third-order valence-corrected chi connectivity index (χ3v) is 4.19. The number of piperidine rings is 1. The number of carbonyl (C=O) groups excluding carboxylic acids is 1. The number of hydrogen-bond donors (Lipinski definition) is 1. The van der Waals surface area contributed by atoms with Crippen molar-refractivity contribution in [2.45, 2.75) is 25.7 Å². The average molecular weight is 301 g/mol. The molecule has 1 aromatic carbocycles. The quantitative estimate of drug-likeness (QED) is 0.942. The van der Waals surface area contributed by atoms with Gasteiger partial charge in [-0.05, 0) is 25.0 Å². The summed E-state index contributed by atoms with van der Waals surface area (Å²) in [6.07, 6.45) is 2.31. The lowest BCUT2D eigenvalue weighted by Crippen LogP contribution is -2.42. The van der Waals surface area contributed by atoms with Crippen LogP contribution in [0.1, 0.15) is 25.0 Å². The molecule has 22 heavy (non-hydrogen) atoms. The zero-order valence-electron chi connectivity index (χ0n) is 12.3. The number of carbonyl (C=O) groups is 2. The van der Waals surface area contributed by atoms with Gasteiger partial charge in [-0.1, -0.05) is 18.2 Å². The van der Waals surface area contributed by atoms with Crippen molar-refractivity contribution in [2.75, 3.05) is 13.1 Å². The number of carboxylic acids is 1. The van der Waals surface area contributed by atoms with Gasteiger partial charge in [0.1, 0.15) is 11.3 Å². The minimum atomic E-state index is -0.810. The maximum atomic E-state index is 12.2. The molecular formula is C17H19NO4. The molecule has 2 heterocycles. The number of aliphatic carboxylic acids is 1. The topological polar surface area (TPSA) is 70.8 Å². The molecule has 5 nitrogen and oxygen atoms in total. The molecule has 1 aromatic heterocycles. The third-order valence-electron chi connectivity index (χ3n) is 4.19. The van der Waals surface area contributed by atoms with Crippen molar-refractivity contribution in [3.8, 4) is 0 Å². The Morgan fingerprint density at radius 3 is 2.91 bits per heavy atom. The first kappa shape index (κ1) is 14.6. The number of rotatable bonds is 4. The molecule has 3 rings (SSSR count). The van der Waals surface area contributed by atoms with Crippen molar-refractivity contribution >= 4 is 22.8 Å². The van der Waals surface area contributed by atoms with Crippen molar-refractivity contribution in [2.24, 2.45) is 5.92 Å². The predicted octanol–water partition coefficient (Wildman–Crippen LogP) is 2.69. The zero-order valence-corrected chi connectivity index (χ0v) is 12.3. The summed E-state index contributed by atoms with van der Waals surface area (Å²) < 4.78 is 5.70. The van der Waals surface area contributed by atoms with Crippen LogP contribution in [-0.2, 0) is 16.0 Å². The van der Waals surface area contributed by atoms with Crippen LogP contribution in [0.15, 0.2) is 34.7 Å². The predicted molar refractivity (Wildman–Crippen MR) is 81.5 cm³/mol. The molecule has 0 unspecified atom stereocenters. The van der Waals surface area contributed by atoms with Crippen LogP contribution in [0.25, 0.3) is 11.0 Å². The summed E-state index contributed by atoms with van der Waals surface area (Å²) in [5.74, 6) is -0.438. The first-order valence-electron chi connectivity index (χ1n) is 7.61. The number of carboxylic acid groups (broad SMARTS) is 1. The Kier molecular flexibility index (Phi) is 4.13. The summed E-state index contributed by atoms with van der Waals surface area (Å²) in [5, 5.41) is 10.1. The Morgan fingerprint density at radius 2 is 2.14 bits per heavy atom. The van der Waals surface area contributed by atoms with E-state index in [1.165, 1.54) is 0 Å². The highest BCUT2D eigenvalue weighted by Gasteiger charge is 2.27. The van der Waals surface area contributed by atoms with E-state index in [-0.39, 0.29) is 5.91 Å². The normalized spacial score (nSPS) is 18.5. The molecule has 1 amide bonds. The lowest BCUT2D eigenvalue weighted by atomic mass is 9.98. The van der Waals surface area contributed by atoms with Gasteiger partial charge < -0.3 is 14.4 Å². The molecular weight excluding hydrogens is 282 g/mol. The van der Waals surface area contributed by atoms with Crippen molar-refractivity contribution in [1.82, 2.24) is 4.90 Å². The van der Waals surface area contributed by atoms with Crippen LogP contribution in [0.4, 0.5) is 0 Å². The Bertz CT molecular complexity index is 658. The van der Waals surface area contributed by atoms with Gasteiger partial charge in [-0.25, -0.2) is 0 Å². The van der Waals surface area contributed by atoms with E-state index in [1.807, 2.05) is 30.3 Å². The Morgan fingerprint density at radius 1 is 1.32 bits per heavy atom. The lowest BCUT2D eigenvalue weighted by Gasteiger charge is -2.30. The van der Waals surface area contributed by atoms with Crippen molar-refractivity contribution in [1.29, 1.82) is 0 Å². The van der Waals surface area contributed by atoms with Gasteiger partial charge in [0, 0.05) is 31.3 Å². The summed E-state index contributed by atoms with van der Waals surface area (Å²) in [7, 11) is 0. The summed E-state index contributed by atoms with van der Waals surface area (Å²) in [4.78, 5) is 25.0. The van der Waals surface area contributed by atoms with Gasteiger partial charge in [0.2, 0.25) is 5.91 Å². The zero-order chi connectivity index (χ0) is 15.5. The standard InChI is InChI=1S/C17H19NO4/c19-16(18-9-3-5-13(11-18)17(20)21)8-7-14-10-12-4-1-2-6-15(12)22-14/h1-2,4,6,10,13H,3,5,7-9,11H2,(H,20,21)/t13-/m1/s1. The van der Waals surface area contributed by atoms with E-state index >= 15 is 0 Å². The molecule has 1 atom stereocenters. The van der Waals surface area contributed by atoms with E-state index < -0.39 is 11.9 Å². The third kappa shape index (κ3) is 3.13. The van der Waals surface area contributed by atoms with Crippen molar-refractivity contribution in [3.63, 3.8) is 0 Å². The molecule has 116 valence electrons. The van der Waals surface area contributed by atoms with Crippen LogP contribution in [0.5, 0.6) is 0 Å². The van der Waals surface area contributed by atoms with E-state index in [4.69, 9.17) is 9.52 Å². The number of nitrogens with zero attached hydrogens (tertiary/aromatic N) is 1. The molecule has 0 bridgehead atoms. The second-order valence-corrected chi connectivity index (χ2v) is 5.77. The molecule has 0 radical (unpaired) electrons. The highest BCUT2D eigenvalue weighted by Crippen LogP contribution is 2.21. The van der Waals surface area contributed by atoms with Gasteiger partial charge in [0.15, 0.2) is 0 Å². The largest absolute Gasteiger partial charge is 0.481 e. The second kappa shape index (κ2) is 6.22. The highest BCUT2D eigenvalue weighted by molar-refractivity contribution is 5.79. The molecule has 1 aliphatic heterocycles. The molecule has 1 saturated heterocycles. The van der Waals surface area contributed by atoms with Crippen LogP contribution >= 0.6 is 0 Å². The molecule has 0 aliphatic carbocycles. The van der Waals surface area contributed by atoms with E-state index in [2.05, 4.69) is 0 Å². The number of aryl methyl sites for hydroxylation is 1. The number of fused-ring (bicyclic) bond motifs is 1. The summed E-state index contributed by atoms with van der Waals surface area (Å²) in [6, 6.07) is 9.71. The average Bonchev–Trinajstić information content (AvgIpc) is 2.95. The highest BCUT2D eigenvalue weighted by atomic mass is 16.4. The van der Waals surface area contributed by atoms with Crippen LogP contribution < -0.4 is 0 Å². The number of para-hydroxylation sites is 1.